The quantitative estimate of drug-likeness (QED) is 0.838. The molecular formula is C18H27N3O2. The minimum Gasteiger partial charge on any atom is -0.375 e. The van der Waals surface area contributed by atoms with E-state index in [2.05, 4.69) is 24.0 Å². The van der Waals surface area contributed by atoms with Crippen LogP contribution in [0.5, 0.6) is 0 Å². The Kier molecular flexibility index (Phi) is 4.69. The van der Waals surface area contributed by atoms with Gasteiger partial charge < -0.3 is 14.5 Å². The van der Waals surface area contributed by atoms with E-state index in [-0.39, 0.29) is 11.5 Å². The molecule has 1 aromatic heterocycles. The van der Waals surface area contributed by atoms with E-state index in [9.17, 15) is 4.79 Å². The van der Waals surface area contributed by atoms with Gasteiger partial charge in [-0.15, -0.1) is 0 Å². The summed E-state index contributed by atoms with van der Waals surface area (Å²) in [7, 11) is 4.29. The number of likely N-dealkylation sites (tertiary alicyclic amines) is 1. The van der Waals surface area contributed by atoms with Crippen molar-refractivity contribution in [1.29, 1.82) is 0 Å². The van der Waals surface area contributed by atoms with Crippen molar-refractivity contribution >= 4 is 5.91 Å². The highest BCUT2D eigenvalue weighted by Crippen LogP contribution is 2.36. The van der Waals surface area contributed by atoms with Crippen LogP contribution in [-0.2, 0) is 4.74 Å². The van der Waals surface area contributed by atoms with Gasteiger partial charge in [-0.05, 0) is 58.8 Å². The van der Waals surface area contributed by atoms with Crippen molar-refractivity contribution in [2.75, 3.05) is 33.8 Å². The first-order chi connectivity index (χ1) is 11.0. The minimum atomic E-state index is -0.0377. The Hall–Kier alpha value is -1.46. The van der Waals surface area contributed by atoms with Crippen molar-refractivity contribution in [2.24, 2.45) is 0 Å². The van der Waals surface area contributed by atoms with Crippen LogP contribution in [0.4, 0.5) is 0 Å². The molecule has 5 heteroatoms. The van der Waals surface area contributed by atoms with E-state index in [0.29, 0.717) is 11.7 Å². The fraction of sp³-hybridized carbons (Fsp3) is 0.667. The molecule has 0 saturated carbocycles. The first-order valence-corrected chi connectivity index (χ1v) is 8.52. The number of pyridine rings is 1. The van der Waals surface area contributed by atoms with E-state index in [4.69, 9.17) is 4.74 Å². The van der Waals surface area contributed by atoms with Gasteiger partial charge in [0.25, 0.3) is 5.91 Å². The van der Waals surface area contributed by atoms with E-state index in [1.807, 2.05) is 24.0 Å². The molecule has 0 bridgehead atoms. The molecule has 0 radical (unpaired) electrons. The number of amides is 1. The Bertz CT molecular complexity index is 565. The topological polar surface area (TPSA) is 45.7 Å². The predicted molar refractivity (Wildman–Crippen MR) is 89.5 cm³/mol. The van der Waals surface area contributed by atoms with Gasteiger partial charge in [-0.2, -0.15) is 0 Å². The summed E-state index contributed by atoms with van der Waals surface area (Å²) in [5, 5.41) is 0. The van der Waals surface area contributed by atoms with Crippen LogP contribution < -0.4 is 0 Å². The Labute approximate surface area is 138 Å². The van der Waals surface area contributed by atoms with Crippen LogP contribution in [0.15, 0.2) is 18.2 Å². The summed E-state index contributed by atoms with van der Waals surface area (Å²) in [4.78, 5) is 21.2. The number of carbonyl (C=O) groups is 1. The third-order valence-electron chi connectivity index (χ3n) is 5.27. The molecule has 23 heavy (non-hydrogen) atoms. The van der Waals surface area contributed by atoms with E-state index < -0.39 is 0 Å². The monoisotopic (exact) mass is 317 g/mol. The second-order valence-corrected chi connectivity index (χ2v) is 7.10. The number of hydrogen-bond donors (Lipinski definition) is 0. The van der Waals surface area contributed by atoms with Gasteiger partial charge in [0.15, 0.2) is 0 Å². The third kappa shape index (κ3) is 3.56. The number of carbonyl (C=O) groups excluding carboxylic acids is 1. The molecule has 2 aliphatic rings. The molecule has 5 nitrogen and oxygen atoms in total. The second kappa shape index (κ2) is 6.57. The maximum absolute atomic E-state index is 12.6. The van der Waals surface area contributed by atoms with Gasteiger partial charge in [0.1, 0.15) is 5.69 Å². The molecule has 2 aliphatic heterocycles. The fourth-order valence-corrected chi connectivity index (χ4v) is 3.73. The first-order valence-electron chi connectivity index (χ1n) is 8.52. The molecule has 1 aromatic rings. The van der Waals surface area contributed by atoms with Crippen LogP contribution in [0.25, 0.3) is 0 Å². The zero-order chi connectivity index (χ0) is 16.4. The van der Waals surface area contributed by atoms with Crippen molar-refractivity contribution in [3.8, 4) is 0 Å². The van der Waals surface area contributed by atoms with E-state index in [1.165, 1.54) is 0 Å². The highest BCUT2D eigenvalue weighted by molar-refractivity contribution is 5.92. The highest BCUT2D eigenvalue weighted by atomic mass is 16.5. The lowest BCUT2D eigenvalue weighted by atomic mass is 9.82. The summed E-state index contributed by atoms with van der Waals surface area (Å²) in [6, 6.07) is 6.20. The van der Waals surface area contributed by atoms with Crippen molar-refractivity contribution in [1.82, 2.24) is 14.8 Å². The average Bonchev–Trinajstić information content (AvgIpc) is 2.55. The number of nitrogens with zero attached hydrogens (tertiary/aromatic N) is 3. The summed E-state index contributed by atoms with van der Waals surface area (Å²) in [5.74, 6) is 0.0449. The molecule has 3 heterocycles. The molecule has 0 unspecified atom stereocenters. The smallest absolute Gasteiger partial charge is 0.272 e. The van der Waals surface area contributed by atoms with E-state index in [0.717, 1.165) is 51.1 Å². The Balaban J connectivity index is 1.63. The molecule has 1 spiro atoms. The van der Waals surface area contributed by atoms with Gasteiger partial charge >= 0.3 is 0 Å². The Morgan fingerprint density at radius 3 is 2.74 bits per heavy atom. The van der Waals surface area contributed by atoms with E-state index >= 15 is 0 Å². The standard InChI is InChI=1S/C18H27N3O2/c1-14-5-4-6-16(19-14)17(22)21-10-8-18(9-11-21)13-15(20(2)3)7-12-23-18/h4-6,15H,7-13H2,1-3H3/t15-/m0/s1. The Morgan fingerprint density at radius 2 is 2.09 bits per heavy atom. The number of aryl methyl sites for hydroxylation is 1. The fourth-order valence-electron chi connectivity index (χ4n) is 3.73. The second-order valence-electron chi connectivity index (χ2n) is 7.10. The van der Waals surface area contributed by atoms with Crippen molar-refractivity contribution in [3.63, 3.8) is 0 Å². The Morgan fingerprint density at radius 1 is 1.35 bits per heavy atom. The molecule has 2 saturated heterocycles. The van der Waals surface area contributed by atoms with Crippen molar-refractivity contribution in [3.05, 3.63) is 29.6 Å². The molecule has 2 fully saturated rings. The van der Waals surface area contributed by atoms with Crippen LogP contribution in [-0.4, -0.2) is 66.1 Å². The van der Waals surface area contributed by atoms with Crippen LogP contribution in [0.3, 0.4) is 0 Å². The van der Waals surface area contributed by atoms with Crippen LogP contribution in [0, 0.1) is 6.92 Å². The maximum Gasteiger partial charge on any atom is 0.272 e. The molecule has 126 valence electrons. The largest absolute Gasteiger partial charge is 0.375 e. The molecule has 1 atom stereocenters. The summed E-state index contributed by atoms with van der Waals surface area (Å²) in [6.45, 7) is 4.26. The molecule has 3 rings (SSSR count). The van der Waals surface area contributed by atoms with Gasteiger partial charge in [0, 0.05) is 31.4 Å². The van der Waals surface area contributed by atoms with Crippen LogP contribution >= 0.6 is 0 Å². The number of hydrogen-bond acceptors (Lipinski definition) is 4. The first kappa shape index (κ1) is 16.4. The van der Waals surface area contributed by atoms with Gasteiger partial charge in [0.2, 0.25) is 0 Å². The summed E-state index contributed by atoms with van der Waals surface area (Å²) in [6.07, 6.45) is 4.03. The summed E-state index contributed by atoms with van der Waals surface area (Å²) >= 11 is 0. The normalized spacial score (nSPS) is 24.2. The lowest BCUT2D eigenvalue weighted by Crippen LogP contribution is -2.53. The molecular weight excluding hydrogens is 290 g/mol. The zero-order valence-electron chi connectivity index (χ0n) is 14.4. The minimum absolute atomic E-state index is 0.0377. The lowest BCUT2D eigenvalue weighted by Gasteiger charge is -2.47. The van der Waals surface area contributed by atoms with Gasteiger partial charge in [-0.25, -0.2) is 4.98 Å². The van der Waals surface area contributed by atoms with Crippen LogP contribution in [0.1, 0.15) is 41.9 Å². The zero-order valence-corrected chi connectivity index (χ0v) is 14.4. The highest BCUT2D eigenvalue weighted by Gasteiger charge is 2.41. The van der Waals surface area contributed by atoms with Gasteiger partial charge in [0.05, 0.1) is 5.60 Å². The average molecular weight is 317 g/mol. The number of piperidine rings is 1. The SMILES string of the molecule is Cc1cccc(C(=O)N2CCC3(CC2)C[C@@H](N(C)C)CCO3)n1. The number of rotatable bonds is 2. The lowest BCUT2D eigenvalue weighted by molar-refractivity contribution is -0.125. The van der Waals surface area contributed by atoms with Gasteiger partial charge in [-0.1, -0.05) is 6.07 Å². The molecule has 0 aliphatic carbocycles. The van der Waals surface area contributed by atoms with E-state index in [1.54, 1.807) is 6.07 Å². The maximum atomic E-state index is 12.6. The number of aromatic nitrogens is 1. The molecule has 1 amide bonds. The number of ether oxygens (including phenoxy) is 1. The molecule has 0 N–H and O–H groups in total. The van der Waals surface area contributed by atoms with Crippen molar-refractivity contribution < 1.29 is 9.53 Å². The molecule has 0 aromatic carbocycles. The summed E-state index contributed by atoms with van der Waals surface area (Å²) < 4.78 is 6.16. The third-order valence-corrected chi connectivity index (χ3v) is 5.27. The summed E-state index contributed by atoms with van der Waals surface area (Å²) in [5.41, 5.74) is 1.40. The van der Waals surface area contributed by atoms with Crippen molar-refractivity contribution in [2.45, 2.75) is 44.2 Å². The van der Waals surface area contributed by atoms with Crippen LogP contribution in [0.2, 0.25) is 0 Å². The predicted octanol–water partition coefficient (Wildman–Crippen LogP) is 2.11. The van der Waals surface area contributed by atoms with Gasteiger partial charge in [-0.3, -0.25) is 4.79 Å².